The van der Waals surface area contributed by atoms with Gasteiger partial charge < -0.3 is 9.84 Å². The Morgan fingerprint density at radius 2 is 2.11 bits per heavy atom. The van der Waals surface area contributed by atoms with Crippen molar-refractivity contribution in [1.82, 2.24) is 0 Å². The molecule has 0 radical (unpaired) electrons. The van der Waals surface area contributed by atoms with Crippen molar-refractivity contribution in [3.63, 3.8) is 0 Å². The van der Waals surface area contributed by atoms with E-state index in [4.69, 9.17) is 4.74 Å². The summed E-state index contributed by atoms with van der Waals surface area (Å²) in [6, 6.07) is 4.78. The second-order valence-corrected chi connectivity index (χ2v) is 3.79. The van der Waals surface area contributed by atoms with Gasteiger partial charge in [0, 0.05) is 18.1 Å². The van der Waals surface area contributed by atoms with Gasteiger partial charge >= 0.3 is 0 Å². The maximum absolute atomic E-state index is 11.4. The minimum Gasteiger partial charge on any atom is -0.507 e. The van der Waals surface area contributed by atoms with Crippen LogP contribution >= 0.6 is 0 Å². The summed E-state index contributed by atoms with van der Waals surface area (Å²) in [5.41, 5.74) is 0.507. The molecule has 1 N–H and O–H groups in total. The van der Waals surface area contributed by atoms with Gasteiger partial charge in [0.15, 0.2) is 5.78 Å². The number of Topliss-reactive ketones (excluding diaryl/α,β-unsaturated/α-hetero) is 1. The highest BCUT2D eigenvalue weighted by atomic mass is 16.5. The van der Waals surface area contributed by atoms with Gasteiger partial charge in [-0.1, -0.05) is 6.92 Å². The van der Waals surface area contributed by atoms with Gasteiger partial charge in [-0.05, 0) is 24.3 Å². The topological polar surface area (TPSA) is 63.6 Å². The van der Waals surface area contributed by atoms with E-state index in [1.54, 1.807) is 19.1 Å². The fourth-order valence-corrected chi connectivity index (χ4v) is 1.35. The summed E-state index contributed by atoms with van der Waals surface area (Å²) in [6.45, 7) is 1.72. The van der Waals surface area contributed by atoms with E-state index in [1.807, 2.05) is 0 Å². The van der Waals surface area contributed by atoms with Crippen molar-refractivity contribution >= 4 is 17.6 Å². The molecule has 0 atom stereocenters. The third-order valence-electron chi connectivity index (χ3n) is 2.45. The number of hydrogen-bond acceptors (Lipinski definition) is 4. The number of carbonyl (C=O) groups is 2. The van der Waals surface area contributed by atoms with Crippen LogP contribution in [0, 0.1) is 0 Å². The van der Waals surface area contributed by atoms with Gasteiger partial charge in [0.25, 0.3) is 0 Å². The van der Waals surface area contributed by atoms with Crippen molar-refractivity contribution < 1.29 is 19.4 Å². The van der Waals surface area contributed by atoms with Crippen LogP contribution in [-0.4, -0.2) is 23.8 Å². The van der Waals surface area contributed by atoms with E-state index in [9.17, 15) is 14.7 Å². The van der Waals surface area contributed by atoms with Gasteiger partial charge in [0.2, 0.25) is 0 Å². The molecular weight excluding hydrogens is 232 g/mol. The smallest absolute Gasteiger partial charge is 0.163 e. The summed E-state index contributed by atoms with van der Waals surface area (Å²) in [4.78, 5) is 22.5. The van der Waals surface area contributed by atoms with E-state index in [2.05, 4.69) is 0 Å². The second-order valence-electron chi connectivity index (χ2n) is 3.79. The van der Waals surface area contributed by atoms with Gasteiger partial charge in [0.1, 0.15) is 17.3 Å². The number of carbonyl (C=O) groups excluding carboxylic acids is 2. The lowest BCUT2D eigenvalue weighted by Crippen LogP contribution is -2.03. The van der Waals surface area contributed by atoms with Crippen LogP contribution in [0.5, 0.6) is 11.5 Å². The second kappa shape index (κ2) is 6.59. The van der Waals surface area contributed by atoms with Crippen LogP contribution in [0.1, 0.15) is 25.3 Å². The summed E-state index contributed by atoms with van der Waals surface area (Å²) < 4.78 is 4.95. The van der Waals surface area contributed by atoms with E-state index in [-0.39, 0.29) is 23.7 Å². The van der Waals surface area contributed by atoms with Crippen LogP contribution < -0.4 is 4.74 Å². The molecule has 0 saturated carbocycles. The Balaban J connectivity index is 2.72. The Morgan fingerprint density at radius 1 is 1.39 bits per heavy atom. The fourth-order valence-electron chi connectivity index (χ4n) is 1.35. The lowest BCUT2D eigenvalue weighted by atomic mass is 10.1. The predicted octanol–water partition coefficient (Wildman–Crippen LogP) is 2.35. The molecule has 1 rings (SSSR count). The molecule has 96 valence electrons. The molecule has 0 fully saturated rings. The first-order valence-electron chi connectivity index (χ1n) is 5.66. The molecule has 0 heterocycles. The molecule has 0 spiro atoms. The first-order valence-corrected chi connectivity index (χ1v) is 5.66. The van der Waals surface area contributed by atoms with Crippen molar-refractivity contribution in [3.8, 4) is 11.5 Å². The van der Waals surface area contributed by atoms with E-state index in [0.717, 1.165) is 0 Å². The first kappa shape index (κ1) is 14.0. The zero-order chi connectivity index (χ0) is 13.5. The van der Waals surface area contributed by atoms with Crippen LogP contribution in [0.25, 0.3) is 6.08 Å². The maximum Gasteiger partial charge on any atom is 0.163 e. The molecule has 0 aliphatic heterocycles. The molecule has 0 aromatic heterocycles. The number of ether oxygens (including phenoxy) is 1. The first-order chi connectivity index (χ1) is 8.56. The number of allylic oxidation sites excluding steroid dienone is 1. The number of hydrogen-bond donors (Lipinski definition) is 1. The van der Waals surface area contributed by atoms with Gasteiger partial charge in [-0.2, -0.15) is 0 Å². The van der Waals surface area contributed by atoms with Crippen molar-refractivity contribution in [3.05, 3.63) is 29.8 Å². The molecule has 0 saturated heterocycles. The summed E-state index contributed by atoms with van der Waals surface area (Å²) in [5, 5.41) is 9.65. The molecule has 0 aliphatic rings. The number of aromatic hydroxyl groups is 1. The van der Waals surface area contributed by atoms with Gasteiger partial charge in [-0.3, -0.25) is 9.59 Å². The van der Waals surface area contributed by atoms with E-state index < -0.39 is 0 Å². The number of ketones is 2. The molecule has 0 amide bonds. The van der Waals surface area contributed by atoms with Crippen LogP contribution in [-0.2, 0) is 9.59 Å². The normalized spacial score (nSPS) is 10.6. The third-order valence-corrected chi connectivity index (χ3v) is 2.45. The minimum absolute atomic E-state index is 0.0280. The molecule has 4 heteroatoms. The summed E-state index contributed by atoms with van der Waals surface area (Å²) in [5.74, 6) is 0.207. The molecule has 1 aromatic rings. The van der Waals surface area contributed by atoms with Crippen LogP contribution in [0.2, 0.25) is 0 Å². The SMILES string of the molecule is CCC(=O)CC(=O)/C=C/c1ccc(OC)cc1O. The lowest BCUT2D eigenvalue weighted by Gasteiger charge is -2.02. The molecule has 1 aromatic carbocycles. The Hall–Kier alpha value is -2.10. The average molecular weight is 248 g/mol. The minimum atomic E-state index is -0.267. The molecule has 0 bridgehead atoms. The third kappa shape index (κ3) is 4.05. The number of phenols is 1. The highest BCUT2D eigenvalue weighted by Crippen LogP contribution is 2.24. The molecule has 0 aliphatic carbocycles. The monoisotopic (exact) mass is 248 g/mol. The van der Waals surface area contributed by atoms with E-state index in [1.165, 1.54) is 25.3 Å². The maximum atomic E-state index is 11.4. The summed E-state index contributed by atoms with van der Waals surface area (Å²) >= 11 is 0. The fraction of sp³-hybridized carbons (Fsp3) is 0.286. The zero-order valence-corrected chi connectivity index (χ0v) is 10.5. The lowest BCUT2D eigenvalue weighted by molar-refractivity contribution is -0.124. The van der Waals surface area contributed by atoms with Gasteiger partial charge in [-0.15, -0.1) is 0 Å². The van der Waals surface area contributed by atoms with Crippen LogP contribution in [0.3, 0.4) is 0 Å². The number of rotatable bonds is 6. The summed E-state index contributed by atoms with van der Waals surface area (Å²) in [6.07, 6.45) is 3.05. The van der Waals surface area contributed by atoms with Crippen LogP contribution in [0.4, 0.5) is 0 Å². The quantitative estimate of drug-likeness (QED) is 0.620. The van der Waals surface area contributed by atoms with Gasteiger partial charge in [0.05, 0.1) is 13.5 Å². The highest BCUT2D eigenvalue weighted by molar-refractivity contribution is 6.06. The largest absolute Gasteiger partial charge is 0.507 e. The van der Waals surface area contributed by atoms with Crippen molar-refractivity contribution in [1.29, 1.82) is 0 Å². The Bertz CT molecular complexity index is 475. The standard InChI is InChI=1S/C14H16O4/c1-3-11(15)8-12(16)6-4-10-5-7-13(18-2)9-14(10)17/h4-7,9,17H,3,8H2,1-2H3/b6-4+. The average Bonchev–Trinajstić information content (AvgIpc) is 2.36. The van der Waals surface area contributed by atoms with E-state index >= 15 is 0 Å². The van der Waals surface area contributed by atoms with Crippen molar-refractivity contribution in [2.45, 2.75) is 19.8 Å². The molecule has 0 unspecified atom stereocenters. The Morgan fingerprint density at radius 3 is 2.67 bits per heavy atom. The van der Waals surface area contributed by atoms with Gasteiger partial charge in [-0.25, -0.2) is 0 Å². The highest BCUT2D eigenvalue weighted by Gasteiger charge is 2.05. The van der Waals surface area contributed by atoms with Crippen molar-refractivity contribution in [2.24, 2.45) is 0 Å². The van der Waals surface area contributed by atoms with Crippen LogP contribution in [0.15, 0.2) is 24.3 Å². The van der Waals surface area contributed by atoms with E-state index in [0.29, 0.717) is 17.7 Å². The summed E-state index contributed by atoms with van der Waals surface area (Å²) in [7, 11) is 1.50. The number of benzene rings is 1. The molecule has 4 nitrogen and oxygen atoms in total. The number of methoxy groups -OCH3 is 1. The predicted molar refractivity (Wildman–Crippen MR) is 68.6 cm³/mol. The van der Waals surface area contributed by atoms with Crippen molar-refractivity contribution in [2.75, 3.05) is 7.11 Å². The Kier molecular flexibility index (Phi) is 5.11. The zero-order valence-electron chi connectivity index (χ0n) is 10.5. The molecular formula is C14H16O4. The number of phenolic OH excluding ortho intramolecular Hbond substituents is 1. The molecule has 18 heavy (non-hydrogen) atoms. The Labute approximate surface area is 106 Å².